The molecule has 17 heavy (non-hydrogen) atoms. The fourth-order valence-corrected chi connectivity index (χ4v) is 2.46. The van der Waals surface area contributed by atoms with Gasteiger partial charge in [0.15, 0.2) is 0 Å². The van der Waals surface area contributed by atoms with Gasteiger partial charge in [-0.15, -0.1) is 0 Å². The summed E-state index contributed by atoms with van der Waals surface area (Å²) < 4.78 is 1.80. The van der Waals surface area contributed by atoms with E-state index in [0.717, 1.165) is 18.7 Å². The van der Waals surface area contributed by atoms with E-state index in [9.17, 15) is 0 Å². The lowest BCUT2D eigenvalue weighted by Crippen LogP contribution is -2.31. The maximum Gasteiger partial charge on any atom is 0.0537 e. The number of aromatic nitrogens is 2. The van der Waals surface area contributed by atoms with Crippen LogP contribution in [0.25, 0.3) is 0 Å². The van der Waals surface area contributed by atoms with Crippen LogP contribution in [0.5, 0.6) is 0 Å². The number of nitrogens with two attached hydrogens (primary N) is 1. The van der Waals surface area contributed by atoms with Crippen molar-refractivity contribution in [1.82, 2.24) is 15.1 Å². The van der Waals surface area contributed by atoms with Crippen molar-refractivity contribution in [1.29, 1.82) is 0 Å². The summed E-state index contributed by atoms with van der Waals surface area (Å²) in [7, 11) is 1.92. The van der Waals surface area contributed by atoms with Crippen molar-refractivity contribution in [2.45, 2.75) is 38.6 Å². The third kappa shape index (κ3) is 3.30. The predicted octanol–water partition coefficient (Wildman–Crippen LogP) is 1.59. The van der Waals surface area contributed by atoms with E-state index < -0.39 is 0 Å². The summed E-state index contributed by atoms with van der Waals surface area (Å²) in [4.78, 5) is 0. The second kappa shape index (κ2) is 5.19. The zero-order chi connectivity index (χ0) is 12.3. The Bertz CT molecular complexity index is 354. The molecule has 3 N–H and O–H groups in total. The van der Waals surface area contributed by atoms with Gasteiger partial charge in [-0.05, 0) is 24.7 Å². The summed E-state index contributed by atoms with van der Waals surface area (Å²) >= 11 is 0. The zero-order valence-corrected chi connectivity index (χ0v) is 10.9. The average Bonchev–Trinajstić information content (AvgIpc) is 2.90. The van der Waals surface area contributed by atoms with Gasteiger partial charge in [-0.3, -0.25) is 4.68 Å². The Morgan fingerprint density at radius 3 is 2.88 bits per heavy atom. The summed E-state index contributed by atoms with van der Waals surface area (Å²) in [6.45, 7) is 4.23. The van der Waals surface area contributed by atoms with Crippen LogP contribution >= 0.6 is 0 Å². The molecule has 4 heteroatoms. The van der Waals surface area contributed by atoms with Crippen LogP contribution in [-0.4, -0.2) is 22.9 Å². The van der Waals surface area contributed by atoms with Crippen molar-refractivity contribution >= 4 is 0 Å². The molecule has 1 aromatic rings. The van der Waals surface area contributed by atoms with Crippen LogP contribution in [0.3, 0.4) is 0 Å². The summed E-state index contributed by atoms with van der Waals surface area (Å²) in [5, 5.41) is 7.66. The number of rotatable bonds is 7. The monoisotopic (exact) mass is 236 g/mol. The highest BCUT2D eigenvalue weighted by Crippen LogP contribution is 2.48. The highest BCUT2D eigenvalue weighted by atomic mass is 15.2. The largest absolute Gasteiger partial charge is 0.323 e. The quantitative estimate of drug-likeness (QED) is 0.756. The van der Waals surface area contributed by atoms with E-state index in [2.05, 4.69) is 17.3 Å². The molecule has 1 unspecified atom stereocenters. The Morgan fingerprint density at radius 1 is 1.59 bits per heavy atom. The molecule has 1 fully saturated rings. The van der Waals surface area contributed by atoms with Crippen LogP contribution in [0.15, 0.2) is 12.4 Å². The number of aryl methyl sites for hydroxylation is 1. The highest BCUT2D eigenvalue weighted by molar-refractivity contribution is 5.10. The molecule has 1 aliphatic carbocycles. The Balaban J connectivity index is 1.72. The molecule has 1 saturated carbocycles. The summed E-state index contributed by atoms with van der Waals surface area (Å²) in [6, 6.07) is 0.0566. The van der Waals surface area contributed by atoms with E-state index in [1.165, 1.54) is 25.7 Å². The maximum atomic E-state index is 6.12. The Kier molecular flexibility index (Phi) is 3.84. The van der Waals surface area contributed by atoms with Gasteiger partial charge in [-0.1, -0.05) is 13.3 Å². The van der Waals surface area contributed by atoms with Gasteiger partial charge >= 0.3 is 0 Å². The molecule has 1 heterocycles. The van der Waals surface area contributed by atoms with Gasteiger partial charge < -0.3 is 11.1 Å². The van der Waals surface area contributed by atoms with Gasteiger partial charge in [0.05, 0.1) is 6.20 Å². The van der Waals surface area contributed by atoms with Crippen LogP contribution < -0.4 is 11.1 Å². The van der Waals surface area contributed by atoms with E-state index in [1.807, 2.05) is 19.4 Å². The van der Waals surface area contributed by atoms with Crippen molar-refractivity contribution in [2.24, 2.45) is 18.2 Å². The standard InChI is InChI=1S/C13H24N4/c1-3-4-13(5-6-13)10-15-8-12(14)11-7-16-17(2)9-11/h7,9,12,15H,3-6,8,10,14H2,1-2H3. The number of hydrogen-bond acceptors (Lipinski definition) is 3. The first-order valence-corrected chi connectivity index (χ1v) is 6.60. The fraction of sp³-hybridized carbons (Fsp3) is 0.769. The van der Waals surface area contributed by atoms with Crippen LogP contribution in [0.2, 0.25) is 0 Å². The zero-order valence-electron chi connectivity index (χ0n) is 10.9. The lowest BCUT2D eigenvalue weighted by Gasteiger charge is -2.17. The minimum atomic E-state index is 0.0566. The molecule has 0 bridgehead atoms. The lowest BCUT2D eigenvalue weighted by molar-refractivity contribution is 0.413. The molecule has 0 amide bonds. The molecule has 0 saturated heterocycles. The molecule has 0 aromatic carbocycles. The molecule has 1 aliphatic rings. The Morgan fingerprint density at radius 2 is 2.35 bits per heavy atom. The highest BCUT2D eigenvalue weighted by Gasteiger charge is 2.40. The van der Waals surface area contributed by atoms with Crippen LogP contribution in [-0.2, 0) is 7.05 Å². The van der Waals surface area contributed by atoms with E-state index in [1.54, 1.807) is 4.68 Å². The third-order valence-corrected chi connectivity index (χ3v) is 3.75. The first kappa shape index (κ1) is 12.6. The Labute approximate surface area is 104 Å². The lowest BCUT2D eigenvalue weighted by atomic mass is 10.0. The molecular weight excluding hydrogens is 212 g/mol. The summed E-state index contributed by atoms with van der Waals surface area (Å²) in [5.74, 6) is 0. The fourth-order valence-electron chi connectivity index (χ4n) is 2.46. The average molecular weight is 236 g/mol. The second-order valence-corrected chi connectivity index (χ2v) is 5.43. The van der Waals surface area contributed by atoms with Crippen molar-refractivity contribution < 1.29 is 0 Å². The van der Waals surface area contributed by atoms with Crippen molar-refractivity contribution in [3.8, 4) is 0 Å². The SMILES string of the molecule is CCCC1(CNCC(N)c2cnn(C)c2)CC1. The molecule has 4 nitrogen and oxygen atoms in total. The van der Waals surface area contributed by atoms with E-state index >= 15 is 0 Å². The molecule has 0 aliphatic heterocycles. The molecule has 0 radical (unpaired) electrons. The topological polar surface area (TPSA) is 55.9 Å². The normalized spacial score (nSPS) is 19.2. The minimum absolute atomic E-state index is 0.0566. The van der Waals surface area contributed by atoms with Gasteiger partial charge in [-0.25, -0.2) is 0 Å². The van der Waals surface area contributed by atoms with Crippen LogP contribution in [0.4, 0.5) is 0 Å². The first-order valence-electron chi connectivity index (χ1n) is 6.60. The van der Waals surface area contributed by atoms with E-state index in [0.29, 0.717) is 5.41 Å². The summed E-state index contributed by atoms with van der Waals surface area (Å²) in [6.07, 6.45) is 9.25. The van der Waals surface area contributed by atoms with E-state index in [4.69, 9.17) is 5.73 Å². The first-order chi connectivity index (χ1) is 8.15. The van der Waals surface area contributed by atoms with Crippen LogP contribution in [0.1, 0.15) is 44.2 Å². The molecule has 0 spiro atoms. The van der Waals surface area contributed by atoms with Gasteiger partial charge in [0.2, 0.25) is 0 Å². The van der Waals surface area contributed by atoms with Gasteiger partial charge in [-0.2, -0.15) is 5.10 Å². The molecule has 2 rings (SSSR count). The maximum absolute atomic E-state index is 6.12. The van der Waals surface area contributed by atoms with Crippen molar-refractivity contribution in [2.75, 3.05) is 13.1 Å². The van der Waals surface area contributed by atoms with E-state index in [-0.39, 0.29) is 6.04 Å². The van der Waals surface area contributed by atoms with Crippen molar-refractivity contribution in [3.05, 3.63) is 18.0 Å². The smallest absolute Gasteiger partial charge is 0.0537 e. The molecule has 96 valence electrons. The molecule has 1 aromatic heterocycles. The number of nitrogens with one attached hydrogen (secondary N) is 1. The van der Waals surface area contributed by atoms with Gasteiger partial charge in [0.25, 0.3) is 0 Å². The summed E-state index contributed by atoms with van der Waals surface area (Å²) in [5.41, 5.74) is 7.83. The number of hydrogen-bond donors (Lipinski definition) is 2. The van der Waals surface area contributed by atoms with Gasteiger partial charge in [0, 0.05) is 37.9 Å². The third-order valence-electron chi connectivity index (χ3n) is 3.75. The van der Waals surface area contributed by atoms with Crippen molar-refractivity contribution in [3.63, 3.8) is 0 Å². The predicted molar refractivity (Wildman–Crippen MR) is 69.6 cm³/mol. The minimum Gasteiger partial charge on any atom is -0.323 e. The molecular formula is C13H24N4. The van der Waals surface area contributed by atoms with Crippen LogP contribution in [0, 0.1) is 5.41 Å². The number of nitrogens with zero attached hydrogens (tertiary/aromatic N) is 2. The second-order valence-electron chi connectivity index (χ2n) is 5.43. The molecule has 1 atom stereocenters. The van der Waals surface area contributed by atoms with Gasteiger partial charge in [0.1, 0.15) is 0 Å². The Hall–Kier alpha value is -0.870.